The molecule has 26 heavy (non-hydrogen) atoms. The van der Waals surface area contributed by atoms with Gasteiger partial charge in [-0.05, 0) is 29.5 Å². The van der Waals surface area contributed by atoms with Crippen LogP contribution in [-0.4, -0.2) is 48.7 Å². The number of hydrogen-bond acceptors (Lipinski definition) is 6. The summed E-state index contributed by atoms with van der Waals surface area (Å²) in [6, 6.07) is 8.60. The zero-order chi connectivity index (χ0) is 18.7. The van der Waals surface area contributed by atoms with E-state index >= 15 is 0 Å². The lowest BCUT2D eigenvalue weighted by Gasteiger charge is -2.14. The summed E-state index contributed by atoms with van der Waals surface area (Å²) in [7, 11) is -3.25. The van der Waals surface area contributed by atoms with E-state index in [0.717, 1.165) is 27.6 Å². The third-order valence-electron chi connectivity index (χ3n) is 3.81. The van der Waals surface area contributed by atoms with Crippen LogP contribution in [0.25, 0.3) is 6.08 Å². The molecule has 0 saturated carbocycles. The number of sulfone groups is 1. The van der Waals surface area contributed by atoms with E-state index in [1.165, 1.54) is 6.08 Å². The molecule has 0 bridgehead atoms. The standard InChI is InChI=1S/C17H16N2O5S2/c20-15(18-13-7-9-26(23,24)11-13)6-8-19-16(21)14(25-17(19)22)10-12-4-2-1-3-5-12/h1-5,7,9-10,13H,6,8,11H2,(H,18,20). The Labute approximate surface area is 155 Å². The summed E-state index contributed by atoms with van der Waals surface area (Å²) in [5, 5.41) is 3.21. The molecule has 2 aliphatic rings. The van der Waals surface area contributed by atoms with Crippen molar-refractivity contribution in [3.63, 3.8) is 0 Å². The molecule has 0 aliphatic carbocycles. The summed E-state index contributed by atoms with van der Waals surface area (Å²) in [6.45, 7) is -0.0498. The van der Waals surface area contributed by atoms with Crippen LogP contribution < -0.4 is 5.32 Å². The van der Waals surface area contributed by atoms with Gasteiger partial charge in [-0.3, -0.25) is 19.3 Å². The molecule has 1 unspecified atom stereocenters. The van der Waals surface area contributed by atoms with Crippen LogP contribution in [0.5, 0.6) is 0 Å². The number of rotatable bonds is 5. The largest absolute Gasteiger partial charge is 0.349 e. The quantitative estimate of drug-likeness (QED) is 0.763. The van der Waals surface area contributed by atoms with Gasteiger partial charge >= 0.3 is 0 Å². The predicted molar refractivity (Wildman–Crippen MR) is 98.6 cm³/mol. The highest BCUT2D eigenvalue weighted by Gasteiger charge is 2.35. The van der Waals surface area contributed by atoms with E-state index in [4.69, 9.17) is 0 Å². The van der Waals surface area contributed by atoms with Gasteiger partial charge in [0.05, 0.1) is 16.7 Å². The molecular formula is C17H16N2O5S2. The first-order valence-corrected chi connectivity index (χ1v) is 10.4. The van der Waals surface area contributed by atoms with Crippen LogP contribution in [0.1, 0.15) is 12.0 Å². The Bertz CT molecular complexity index is 906. The van der Waals surface area contributed by atoms with E-state index in [0.29, 0.717) is 4.91 Å². The fourth-order valence-electron chi connectivity index (χ4n) is 2.55. The molecule has 3 rings (SSSR count). The van der Waals surface area contributed by atoms with E-state index in [9.17, 15) is 22.8 Å². The van der Waals surface area contributed by atoms with Gasteiger partial charge in [0.1, 0.15) is 0 Å². The molecule has 7 nitrogen and oxygen atoms in total. The van der Waals surface area contributed by atoms with Gasteiger partial charge in [0, 0.05) is 18.4 Å². The van der Waals surface area contributed by atoms with Gasteiger partial charge in [0.15, 0.2) is 9.84 Å². The average Bonchev–Trinajstić information content (AvgIpc) is 3.06. The van der Waals surface area contributed by atoms with Crippen molar-refractivity contribution in [3.05, 3.63) is 52.3 Å². The van der Waals surface area contributed by atoms with Crippen LogP contribution in [-0.2, 0) is 19.4 Å². The summed E-state index contributed by atoms with van der Waals surface area (Å²) in [5.74, 6) is -1.01. The first-order chi connectivity index (χ1) is 12.3. The molecule has 1 aromatic rings. The van der Waals surface area contributed by atoms with E-state index < -0.39 is 32.9 Å². The second kappa shape index (κ2) is 7.46. The van der Waals surface area contributed by atoms with E-state index in [-0.39, 0.29) is 18.7 Å². The van der Waals surface area contributed by atoms with Crippen molar-refractivity contribution in [2.45, 2.75) is 12.5 Å². The smallest absolute Gasteiger partial charge is 0.293 e. The molecule has 0 spiro atoms. The monoisotopic (exact) mass is 392 g/mol. The molecular weight excluding hydrogens is 376 g/mol. The van der Waals surface area contributed by atoms with Crippen LogP contribution in [0, 0.1) is 0 Å². The Morgan fingerprint density at radius 1 is 1.27 bits per heavy atom. The Kier molecular flexibility index (Phi) is 5.28. The highest BCUT2D eigenvalue weighted by molar-refractivity contribution is 8.18. The van der Waals surface area contributed by atoms with Crippen molar-refractivity contribution in [1.82, 2.24) is 10.2 Å². The highest BCUT2D eigenvalue weighted by Crippen LogP contribution is 2.32. The van der Waals surface area contributed by atoms with Gasteiger partial charge < -0.3 is 5.32 Å². The number of nitrogens with zero attached hydrogens (tertiary/aromatic N) is 1. The SMILES string of the molecule is O=C(CCN1C(=O)SC(=Cc2ccccc2)C1=O)NC1C=CS(=O)(=O)C1. The van der Waals surface area contributed by atoms with Crippen LogP contribution in [0.15, 0.2) is 46.7 Å². The van der Waals surface area contributed by atoms with Crippen LogP contribution in [0.4, 0.5) is 4.79 Å². The number of nitrogens with one attached hydrogen (secondary N) is 1. The summed E-state index contributed by atoms with van der Waals surface area (Å²) in [5.41, 5.74) is 0.810. The first-order valence-electron chi connectivity index (χ1n) is 7.85. The van der Waals surface area contributed by atoms with E-state index in [2.05, 4.69) is 5.32 Å². The molecule has 0 aromatic heterocycles. The van der Waals surface area contributed by atoms with Gasteiger partial charge in [-0.25, -0.2) is 8.42 Å². The van der Waals surface area contributed by atoms with Gasteiger partial charge in [-0.15, -0.1) is 0 Å². The number of amides is 3. The molecule has 1 saturated heterocycles. The predicted octanol–water partition coefficient (Wildman–Crippen LogP) is 1.54. The minimum atomic E-state index is -3.25. The fraction of sp³-hybridized carbons (Fsp3) is 0.235. The molecule has 2 heterocycles. The summed E-state index contributed by atoms with van der Waals surface area (Å²) in [6.07, 6.45) is 2.97. The molecule has 1 fully saturated rings. The molecule has 1 N–H and O–H groups in total. The summed E-state index contributed by atoms with van der Waals surface area (Å²) in [4.78, 5) is 37.7. The number of carbonyl (C=O) groups is 3. The lowest BCUT2D eigenvalue weighted by molar-refractivity contribution is -0.124. The number of benzene rings is 1. The second-order valence-electron chi connectivity index (χ2n) is 5.83. The van der Waals surface area contributed by atoms with Gasteiger partial charge in [0.2, 0.25) is 5.91 Å². The molecule has 2 aliphatic heterocycles. The third kappa shape index (κ3) is 4.41. The summed E-state index contributed by atoms with van der Waals surface area (Å²) < 4.78 is 22.6. The molecule has 3 amide bonds. The number of imide groups is 1. The lowest BCUT2D eigenvalue weighted by Crippen LogP contribution is -2.38. The zero-order valence-electron chi connectivity index (χ0n) is 13.6. The molecule has 1 aromatic carbocycles. The molecule has 136 valence electrons. The van der Waals surface area contributed by atoms with Crippen molar-refractivity contribution < 1.29 is 22.8 Å². The first kappa shape index (κ1) is 18.4. The third-order valence-corrected chi connectivity index (χ3v) is 6.11. The zero-order valence-corrected chi connectivity index (χ0v) is 15.3. The number of carbonyl (C=O) groups excluding carboxylic acids is 3. The Hall–Kier alpha value is -2.39. The maximum atomic E-state index is 12.4. The van der Waals surface area contributed by atoms with Crippen molar-refractivity contribution in [1.29, 1.82) is 0 Å². The van der Waals surface area contributed by atoms with E-state index in [1.54, 1.807) is 6.08 Å². The van der Waals surface area contributed by atoms with Crippen molar-refractivity contribution >= 4 is 44.7 Å². The van der Waals surface area contributed by atoms with Crippen LogP contribution in [0.3, 0.4) is 0 Å². The molecule has 9 heteroatoms. The van der Waals surface area contributed by atoms with Crippen molar-refractivity contribution in [2.75, 3.05) is 12.3 Å². The highest BCUT2D eigenvalue weighted by atomic mass is 32.2. The summed E-state index contributed by atoms with van der Waals surface area (Å²) >= 11 is 0.837. The Morgan fingerprint density at radius 2 is 2.00 bits per heavy atom. The number of thioether (sulfide) groups is 1. The van der Waals surface area contributed by atoms with Crippen molar-refractivity contribution in [2.24, 2.45) is 0 Å². The topological polar surface area (TPSA) is 101 Å². The van der Waals surface area contributed by atoms with Gasteiger partial charge in [0.25, 0.3) is 11.1 Å². The molecule has 1 atom stereocenters. The maximum Gasteiger partial charge on any atom is 0.293 e. The number of hydrogen-bond donors (Lipinski definition) is 1. The lowest BCUT2D eigenvalue weighted by atomic mass is 10.2. The van der Waals surface area contributed by atoms with Gasteiger partial charge in [-0.2, -0.15) is 0 Å². The minimum Gasteiger partial charge on any atom is -0.349 e. The fourth-order valence-corrected chi connectivity index (χ4v) is 4.65. The van der Waals surface area contributed by atoms with E-state index in [1.807, 2.05) is 30.3 Å². The maximum absolute atomic E-state index is 12.4. The van der Waals surface area contributed by atoms with Crippen LogP contribution >= 0.6 is 11.8 Å². The van der Waals surface area contributed by atoms with Gasteiger partial charge in [-0.1, -0.05) is 30.3 Å². The Balaban J connectivity index is 1.56. The molecule has 0 radical (unpaired) electrons. The minimum absolute atomic E-state index is 0.0498. The normalized spacial score (nSPS) is 23.0. The second-order valence-corrected chi connectivity index (χ2v) is 8.75. The average molecular weight is 392 g/mol. The van der Waals surface area contributed by atoms with Crippen LogP contribution in [0.2, 0.25) is 0 Å². The van der Waals surface area contributed by atoms with Crippen molar-refractivity contribution in [3.8, 4) is 0 Å². The Morgan fingerprint density at radius 3 is 2.65 bits per heavy atom.